The van der Waals surface area contributed by atoms with Crippen molar-refractivity contribution < 1.29 is 9.18 Å². The average molecular weight is 269 g/mol. The summed E-state index contributed by atoms with van der Waals surface area (Å²) in [4.78, 5) is 14.3. The van der Waals surface area contributed by atoms with Crippen molar-refractivity contribution in [2.24, 2.45) is 0 Å². The Morgan fingerprint density at radius 2 is 1.89 bits per heavy atom. The number of Topliss-reactive ketones (excluding diaryl/α,β-unsaturated/α-hetero) is 1. The molecule has 0 spiro atoms. The maximum atomic E-state index is 12.8. The lowest BCUT2D eigenvalue weighted by Gasteiger charge is -2.29. The number of ketones is 1. The Labute approximate surface area is 113 Å². The highest BCUT2D eigenvalue weighted by Gasteiger charge is 2.22. The molecule has 0 aliphatic carbocycles. The summed E-state index contributed by atoms with van der Waals surface area (Å²) in [6.45, 7) is 3.99. The first-order chi connectivity index (χ1) is 8.47. The van der Waals surface area contributed by atoms with Gasteiger partial charge in [0.1, 0.15) is 5.82 Å². The molecule has 1 rings (SSSR count). The fourth-order valence-corrected chi connectivity index (χ4v) is 2.50. The molecule has 0 fully saturated rings. The molecular formula is C14H20FNOS. The molecule has 0 N–H and O–H groups in total. The fraction of sp³-hybridized carbons (Fsp3) is 0.500. The number of hydrogen-bond acceptors (Lipinski definition) is 3. The van der Waals surface area contributed by atoms with Crippen molar-refractivity contribution in [3.63, 3.8) is 0 Å². The molecule has 2 nitrogen and oxygen atoms in total. The van der Waals surface area contributed by atoms with Gasteiger partial charge >= 0.3 is 0 Å². The predicted molar refractivity (Wildman–Crippen MR) is 75.8 cm³/mol. The van der Waals surface area contributed by atoms with E-state index in [2.05, 4.69) is 18.1 Å². The van der Waals surface area contributed by atoms with Gasteiger partial charge in [0.25, 0.3) is 0 Å². The number of rotatable bonds is 6. The normalized spacial score (nSPS) is 14.6. The van der Waals surface area contributed by atoms with Crippen LogP contribution in [0.25, 0.3) is 0 Å². The van der Waals surface area contributed by atoms with Crippen LogP contribution in [0.3, 0.4) is 0 Å². The summed E-state index contributed by atoms with van der Waals surface area (Å²) in [7, 11) is 1.95. The number of thioether (sulfide) groups is 1. The highest BCUT2D eigenvalue weighted by Crippen LogP contribution is 2.13. The number of hydrogen-bond donors (Lipinski definition) is 0. The quantitative estimate of drug-likeness (QED) is 0.740. The van der Waals surface area contributed by atoms with Gasteiger partial charge < -0.3 is 0 Å². The lowest BCUT2D eigenvalue weighted by atomic mass is 10.0. The van der Waals surface area contributed by atoms with Crippen molar-refractivity contribution in [3.8, 4) is 0 Å². The maximum Gasteiger partial charge on any atom is 0.179 e. The van der Waals surface area contributed by atoms with Crippen LogP contribution < -0.4 is 0 Å². The Morgan fingerprint density at radius 1 is 1.33 bits per heavy atom. The molecule has 4 heteroatoms. The van der Waals surface area contributed by atoms with Gasteiger partial charge in [-0.2, -0.15) is 11.8 Å². The Kier molecular flexibility index (Phi) is 5.82. The Hall–Kier alpha value is -0.870. The third-order valence-corrected chi connectivity index (χ3v) is 4.04. The first kappa shape index (κ1) is 15.2. The van der Waals surface area contributed by atoms with E-state index in [1.54, 1.807) is 23.9 Å². The molecular weight excluding hydrogens is 249 g/mol. The van der Waals surface area contributed by atoms with Gasteiger partial charge in [-0.1, -0.05) is 0 Å². The van der Waals surface area contributed by atoms with Gasteiger partial charge in [0.2, 0.25) is 0 Å². The van der Waals surface area contributed by atoms with E-state index in [-0.39, 0.29) is 17.6 Å². The number of benzene rings is 1. The highest BCUT2D eigenvalue weighted by atomic mass is 32.2. The molecule has 2 unspecified atom stereocenters. The molecule has 0 saturated carbocycles. The molecule has 0 bridgehead atoms. The summed E-state index contributed by atoms with van der Waals surface area (Å²) in [6.07, 6.45) is 2.05. The van der Waals surface area contributed by atoms with Crippen molar-refractivity contribution in [1.82, 2.24) is 4.90 Å². The minimum absolute atomic E-state index is 0.0328. The summed E-state index contributed by atoms with van der Waals surface area (Å²) < 4.78 is 12.8. The number of halogens is 1. The summed E-state index contributed by atoms with van der Waals surface area (Å²) in [5.41, 5.74) is 0.562. The van der Waals surface area contributed by atoms with Crippen LogP contribution in [0.5, 0.6) is 0 Å². The minimum atomic E-state index is -0.316. The van der Waals surface area contributed by atoms with Crippen LogP contribution in [-0.2, 0) is 0 Å². The second-order valence-corrected chi connectivity index (χ2v) is 5.43. The van der Waals surface area contributed by atoms with Crippen molar-refractivity contribution >= 4 is 17.5 Å². The molecule has 0 amide bonds. The Morgan fingerprint density at radius 3 is 2.39 bits per heavy atom. The molecule has 100 valence electrons. The predicted octanol–water partition coefficient (Wildman–Crippen LogP) is 3.08. The second kappa shape index (κ2) is 6.90. The topological polar surface area (TPSA) is 20.3 Å². The van der Waals surface area contributed by atoms with Gasteiger partial charge in [0.15, 0.2) is 5.78 Å². The second-order valence-electron chi connectivity index (χ2n) is 4.52. The molecule has 0 saturated heterocycles. The summed E-state index contributed by atoms with van der Waals surface area (Å²) in [5.74, 6) is 0.700. The van der Waals surface area contributed by atoms with Gasteiger partial charge in [0, 0.05) is 17.4 Å². The van der Waals surface area contributed by atoms with Crippen molar-refractivity contribution in [2.45, 2.75) is 25.9 Å². The van der Waals surface area contributed by atoms with E-state index in [0.29, 0.717) is 11.6 Å². The minimum Gasteiger partial charge on any atom is -0.293 e. The van der Waals surface area contributed by atoms with Crippen LogP contribution in [0.1, 0.15) is 24.2 Å². The number of carbonyl (C=O) groups is 1. The van der Waals surface area contributed by atoms with E-state index in [9.17, 15) is 9.18 Å². The van der Waals surface area contributed by atoms with Crippen molar-refractivity contribution in [3.05, 3.63) is 35.6 Å². The first-order valence-corrected chi connectivity index (χ1v) is 7.37. The molecule has 18 heavy (non-hydrogen) atoms. The van der Waals surface area contributed by atoms with E-state index in [4.69, 9.17) is 0 Å². The standard InChI is InChI=1S/C14H20FNOS/c1-10(9-18-4)16(3)11(2)14(17)12-5-7-13(15)8-6-12/h5-8,10-11H,9H2,1-4H3. The molecule has 1 aromatic rings. The lowest BCUT2D eigenvalue weighted by molar-refractivity contribution is 0.0838. The molecule has 0 aliphatic rings. The van der Waals surface area contributed by atoms with E-state index in [1.807, 2.05) is 14.0 Å². The van der Waals surface area contributed by atoms with Gasteiger partial charge in [-0.05, 0) is 51.4 Å². The van der Waals surface area contributed by atoms with Gasteiger partial charge in [0.05, 0.1) is 6.04 Å². The monoisotopic (exact) mass is 269 g/mol. The molecule has 1 aromatic carbocycles. The van der Waals surface area contributed by atoms with E-state index in [0.717, 1.165) is 5.75 Å². The lowest BCUT2D eigenvalue weighted by Crippen LogP contribution is -2.42. The van der Waals surface area contributed by atoms with Crippen LogP contribution in [-0.4, -0.2) is 41.8 Å². The van der Waals surface area contributed by atoms with Crippen LogP contribution >= 0.6 is 11.8 Å². The summed E-state index contributed by atoms with van der Waals surface area (Å²) in [6, 6.07) is 5.87. The van der Waals surface area contributed by atoms with Crippen LogP contribution in [0, 0.1) is 5.82 Å². The first-order valence-electron chi connectivity index (χ1n) is 5.98. The maximum absolute atomic E-state index is 12.8. The van der Waals surface area contributed by atoms with Crippen LogP contribution in [0.2, 0.25) is 0 Å². The third-order valence-electron chi connectivity index (χ3n) is 3.22. The Bertz CT molecular complexity index is 393. The number of nitrogens with zero attached hydrogens (tertiary/aromatic N) is 1. The van der Waals surface area contributed by atoms with E-state index in [1.165, 1.54) is 12.1 Å². The highest BCUT2D eigenvalue weighted by molar-refractivity contribution is 7.98. The largest absolute Gasteiger partial charge is 0.293 e. The fourth-order valence-electron chi connectivity index (χ4n) is 1.78. The molecule has 0 radical (unpaired) electrons. The molecule has 0 aromatic heterocycles. The summed E-state index contributed by atoms with van der Waals surface area (Å²) in [5, 5.41) is 0. The third kappa shape index (κ3) is 3.82. The molecule has 0 heterocycles. The van der Waals surface area contributed by atoms with Gasteiger partial charge in [-0.3, -0.25) is 9.69 Å². The SMILES string of the molecule is CSCC(C)N(C)C(C)C(=O)c1ccc(F)cc1. The smallest absolute Gasteiger partial charge is 0.179 e. The average Bonchev–Trinajstić information content (AvgIpc) is 2.37. The number of likely N-dealkylation sites (N-methyl/N-ethyl adjacent to an activating group) is 1. The Balaban J connectivity index is 2.74. The summed E-state index contributed by atoms with van der Waals surface area (Å²) >= 11 is 1.76. The van der Waals surface area contributed by atoms with Crippen molar-refractivity contribution in [2.75, 3.05) is 19.1 Å². The zero-order valence-corrected chi connectivity index (χ0v) is 12.1. The molecule has 2 atom stereocenters. The van der Waals surface area contributed by atoms with E-state index < -0.39 is 0 Å². The number of carbonyl (C=O) groups excluding carboxylic acids is 1. The van der Waals surface area contributed by atoms with E-state index >= 15 is 0 Å². The molecule has 0 aliphatic heterocycles. The zero-order chi connectivity index (χ0) is 13.7. The van der Waals surface area contributed by atoms with Crippen LogP contribution in [0.15, 0.2) is 24.3 Å². The van der Waals surface area contributed by atoms with Gasteiger partial charge in [-0.15, -0.1) is 0 Å². The van der Waals surface area contributed by atoms with Crippen LogP contribution in [0.4, 0.5) is 4.39 Å². The zero-order valence-electron chi connectivity index (χ0n) is 11.3. The van der Waals surface area contributed by atoms with Crippen molar-refractivity contribution in [1.29, 1.82) is 0 Å². The van der Waals surface area contributed by atoms with Gasteiger partial charge in [-0.25, -0.2) is 4.39 Å².